The fourth-order valence-electron chi connectivity index (χ4n) is 2.32. The largest absolute Gasteiger partial charge is 0.497 e. The number of aromatic nitrogens is 1. The van der Waals surface area contributed by atoms with Gasteiger partial charge in [-0.15, -0.1) is 0 Å². The molecule has 4 heteroatoms. The number of methoxy groups -OCH3 is 1. The highest BCUT2D eigenvalue weighted by molar-refractivity contribution is 5.46. The van der Waals surface area contributed by atoms with Crippen molar-refractivity contribution in [3.05, 3.63) is 53.9 Å². The lowest BCUT2D eigenvalue weighted by molar-refractivity contribution is 0.413. The van der Waals surface area contributed by atoms with E-state index in [2.05, 4.69) is 34.1 Å². The minimum atomic E-state index is 0.688. The van der Waals surface area contributed by atoms with E-state index < -0.39 is 0 Å². The number of hydrogen-bond acceptors (Lipinski definition) is 4. The fourth-order valence-corrected chi connectivity index (χ4v) is 2.32. The van der Waals surface area contributed by atoms with E-state index in [1.807, 2.05) is 25.1 Å². The number of pyridine rings is 1. The first kappa shape index (κ1) is 15.3. The van der Waals surface area contributed by atoms with Gasteiger partial charge < -0.3 is 15.4 Å². The Balaban J connectivity index is 2.20. The summed E-state index contributed by atoms with van der Waals surface area (Å²) in [7, 11) is 1.68. The van der Waals surface area contributed by atoms with Gasteiger partial charge in [0.2, 0.25) is 0 Å². The molecule has 0 aliphatic rings. The topological polar surface area (TPSA) is 51.4 Å². The summed E-state index contributed by atoms with van der Waals surface area (Å²) in [6, 6.07) is 14.3. The number of rotatable bonds is 7. The molecule has 2 N–H and O–H groups in total. The van der Waals surface area contributed by atoms with Crippen LogP contribution in [-0.2, 0) is 6.54 Å². The first-order chi connectivity index (χ1) is 10.2. The molecule has 0 saturated carbocycles. The molecule has 1 heterocycles. The van der Waals surface area contributed by atoms with Crippen LogP contribution in [0.4, 0.5) is 5.69 Å². The van der Waals surface area contributed by atoms with E-state index in [0.717, 1.165) is 36.6 Å². The Kier molecular flexibility index (Phi) is 5.58. The molecule has 1 aromatic heterocycles. The third-order valence-corrected chi connectivity index (χ3v) is 3.32. The van der Waals surface area contributed by atoms with E-state index in [0.29, 0.717) is 6.54 Å². The van der Waals surface area contributed by atoms with Crippen molar-refractivity contribution in [2.24, 2.45) is 5.73 Å². The van der Waals surface area contributed by atoms with Crippen molar-refractivity contribution >= 4 is 5.69 Å². The van der Waals surface area contributed by atoms with Crippen LogP contribution in [0.25, 0.3) is 0 Å². The first-order valence-corrected chi connectivity index (χ1v) is 7.24. The second kappa shape index (κ2) is 7.64. The van der Waals surface area contributed by atoms with Crippen LogP contribution in [0.5, 0.6) is 5.75 Å². The summed E-state index contributed by atoms with van der Waals surface area (Å²) in [5, 5.41) is 0. The molecule has 2 aromatic rings. The van der Waals surface area contributed by atoms with E-state index in [-0.39, 0.29) is 0 Å². The number of hydrogen-bond donors (Lipinski definition) is 1. The fraction of sp³-hybridized carbons (Fsp3) is 0.353. The van der Waals surface area contributed by atoms with Gasteiger partial charge in [0.15, 0.2) is 0 Å². The number of nitrogens with two attached hydrogens (primary N) is 1. The van der Waals surface area contributed by atoms with Crippen molar-refractivity contribution in [3.8, 4) is 5.75 Å². The number of nitrogens with zero attached hydrogens (tertiary/aromatic N) is 2. The van der Waals surface area contributed by atoms with Crippen LogP contribution in [-0.4, -0.2) is 25.2 Å². The highest BCUT2D eigenvalue weighted by Gasteiger charge is 2.09. The Hall–Kier alpha value is -2.07. The lowest BCUT2D eigenvalue weighted by atomic mass is 10.2. The molecule has 0 aliphatic carbocycles. The summed E-state index contributed by atoms with van der Waals surface area (Å²) in [5.41, 5.74) is 8.82. The molecular weight excluding hydrogens is 262 g/mol. The van der Waals surface area contributed by atoms with Crippen LogP contribution in [0.3, 0.4) is 0 Å². The minimum absolute atomic E-state index is 0.688. The second-order valence-corrected chi connectivity index (χ2v) is 5.04. The van der Waals surface area contributed by atoms with E-state index in [1.165, 1.54) is 5.69 Å². The average molecular weight is 285 g/mol. The molecule has 0 atom stereocenters. The predicted octanol–water partition coefficient (Wildman–Crippen LogP) is 2.75. The van der Waals surface area contributed by atoms with Crippen molar-refractivity contribution in [2.75, 3.05) is 25.1 Å². The number of aryl methyl sites for hydroxylation is 1. The van der Waals surface area contributed by atoms with E-state index in [9.17, 15) is 0 Å². The maximum Gasteiger partial charge on any atom is 0.122 e. The van der Waals surface area contributed by atoms with Crippen LogP contribution in [0.2, 0.25) is 0 Å². The summed E-state index contributed by atoms with van der Waals surface area (Å²) in [5.74, 6) is 0.851. The lowest BCUT2D eigenvalue weighted by Crippen LogP contribution is -2.26. The third-order valence-electron chi connectivity index (χ3n) is 3.32. The number of anilines is 1. The molecule has 21 heavy (non-hydrogen) atoms. The van der Waals surface area contributed by atoms with Crippen molar-refractivity contribution in [1.82, 2.24) is 4.98 Å². The van der Waals surface area contributed by atoms with Crippen molar-refractivity contribution in [2.45, 2.75) is 19.9 Å². The Morgan fingerprint density at radius 3 is 2.62 bits per heavy atom. The van der Waals surface area contributed by atoms with Gasteiger partial charge in [0.05, 0.1) is 19.3 Å². The van der Waals surface area contributed by atoms with Crippen LogP contribution in [0.1, 0.15) is 17.8 Å². The average Bonchev–Trinajstić information content (AvgIpc) is 2.51. The summed E-state index contributed by atoms with van der Waals surface area (Å²) in [4.78, 5) is 6.90. The highest BCUT2D eigenvalue weighted by atomic mass is 16.5. The van der Waals surface area contributed by atoms with Gasteiger partial charge >= 0.3 is 0 Å². The quantitative estimate of drug-likeness (QED) is 0.850. The Morgan fingerprint density at radius 1 is 1.19 bits per heavy atom. The monoisotopic (exact) mass is 285 g/mol. The molecule has 0 radical (unpaired) electrons. The summed E-state index contributed by atoms with van der Waals surface area (Å²) >= 11 is 0. The normalized spacial score (nSPS) is 10.4. The molecule has 1 aromatic carbocycles. The van der Waals surface area contributed by atoms with Crippen molar-refractivity contribution in [1.29, 1.82) is 0 Å². The van der Waals surface area contributed by atoms with Gasteiger partial charge in [-0.2, -0.15) is 0 Å². The molecule has 2 rings (SSSR count). The first-order valence-electron chi connectivity index (χ1n) is 7.24. The molecule has 0 fully saturated rings. The zero-order valence-electron chi connectivity index (χ0n) is 12.7. The molecule has 0 bridgehead atoms. The van der Waals surface area contributed by atoms with Gasteiger partial charge in [-0.25, -0.2) is 0 Å². The minimum Gasteiger partial charge on any atom is -0.497 e. The van der Waals surface area contributed by atoms with Crippen LogP contribution >= 0.6 is 0 Å². The number of para-hydroxylation sites is 1. The van der Waals surface area contributed by atoms with Crippen molar-refractivity contribution < 1.29 is 4.74 Å². The van der Waals surface area contributed by atoms with Gasteiger partial charge in [-0.05, 0) is 32.0 Å². The lowest BCUT2D eigenvalue weighted by Gasteiger charge is -2.24. The predicted molar refractivity (Wildman–Crippen MR) is 86.7 cm³/mol. The highest BCUT2D eigenvalue weighted by Crippen LogP contribution is 2.19. The SMILES string of the molecule is COc1cc(C)nc(CN(CCCN)c2ccccc2)c1. The van der Waals surface area contributed by atoms with Gasteiger partial charge in [0.25, 0.3) is 0 Å². The zero-order chi connectivity index (χ0) is 15.1. The summed E-state index contributed by atoms with van der Waals surface area (Å²) in [6.45, 7) is 4.34. The maximum absolute atomic E-state index is 5.66. The summed E-state index contributed by atoms with van der Waals surface area (Å²) in [6.07, 6.45) is 0.956. The van der Waals surface area contributed by atoms with E-state index >= 15 is 0 Å². The Morgan fingerprint density at radius 2 is 1.95 bits per heavy atom. The zero-order valence-corrected chi connectivity index (χ0v) is 12.7. The maximum atomic E-state index is 5.66. The van der Waals surface area contributed by atoms with Gasteiger partial charge in [-0.1, -0.05) is 18.2 Å². The number of benzene rings is 1. The molecule has 4 nitrogen and oxygen atoms in total. The molecule has 0 aliphatic heterocycles. The summed E-state index contributed by atoms with van der Waals surface area (Å²) < 4.78 is 5.33. The Labute approximate surface area is 126 Å². The van der Waals surface area contributed by atoms with Crippen LogP contribution < -0.4 is 15.4 Å². The second-order valence-electron chi connectivity index (χ2n) is 5.04. The van der Waals surface area contributed by atoms with Gasteiger partial charge in [-0.3, -0.25) is 4.98 Å². The van der Waals surface area contributed by atoms with E-state index in [1.54, 1.807) is 7.11 Å². The molecule has 0 saturated heterocycles. The van der Waals surface area contributed by atoms with Crippen LogP contribution in [0, 0.1) is 6.92 Å². The number of ether oxygens (including phenoxy) is 1. The third kappa shape index (κ3) is 4.46. The molecule has 0 unspecified atom stereocenters. The van der Waals surface area contributed by atoms with E-state index in [4.69, 9.17) is 10.5 Å². The van der Waals surface area contributed by atoms with Crippen molar-refractivity contribution in [3.63, 3.8) is 0 Å². The van der Waals surface area contributed by atoms with Gasteiger partial charge in [0, 0.05) is 30.1 Å². The molecular formula is C17H23N3O. The smallest absolute Gasteiger partial charge is 0.122 e. The van der Waals surface area contributed by atoms with Gasteiger partial charge in [0.1, 0.15) is 5.75 Å². The Bertz CT molecular complexity index is 557. The standard InChI is InChI=1S/C17H23N3O/c1-14-11-17(21-2)12-15(19-14)13-20(10-6-9-18)16-7-4-3-5-8-16/h3-5,7-8,11-12H,6,9-10,13,18H2,1-2H3. The van der Waals surface area contributed by atoms with Crippen LogP contribution in [0.15, 0.2) is 42.5 Å². The molecule has 0 amide bonds. The molecule has 0 spiro atoms. The molecule has 112 valence electrons.